The van der Waals surface area contributed by atoms with E-state index in [1.807, 2.05) is 6.07 Å². The predicted molar refractivity (Wildman–Crippen MR) is 99.8 cm³/mol. The summed E-state index contributed by atoms with van der Waals surface area (Å²) in [6.07, 6.45) is 4.06. The van der Waals surface area contributed by atoms with E-state index in [1.54, 1.807) is 34.3 Å². The molecule has 144 valence electrons. The predicted octanol–water partition coefficient (Wildman–Crippen LogP) is 1.55. The zero-order valence-corrected chi connectivity index (χ0v) is 14.9. The van der Waals surface area contributed by atoms with Crippen molar-refractivity contribution in [3.8, 4) is 0 Å². The molecule has 4 heterocycles. The van der Waals surface area contributed by atoms with E-state index in [0.29, 0.717) is 48.7 Å². The summed E-state index contributed by atoms with van der Waals surface area (Å²) in [6.45, 7) is 2.05. The molecular formula is C19H18FN5O3. The monoisotopic (exact) mass is 383 g/mol. The van der Waals surface area contributed by atoms with Crippen LogP contribution < -0.4 is 11.1 Å². The molecule has 1 saturated heterocycles. The zero-order chi connectivity index (χ0) is 19.3. The molecule has 1 atom stereocenters. The molecule has 1 aromatic carbocycles. The topological polar surface area (TPSA) is 96.9 Å². The molecule has 8 nitrogen and oxygen atoms in total. The molecule has 1 unspecified atom stereocenters. The summed E-state index contributed by atoms with van der Waals surface area (Å²) in [7, 11) is 0. The highest BCUT2D eigenvalue weighted by atomic mass is 19.1. The number of carbonyl (C=O) groups is 1. The number of nitrogens with zero attached hydrogens (tertiary/aromatic N) is 3. The van der Waals surface area contributed by atoms with E-state index in [2.05, 4.69) is 10.3 Å². The van der Waals surface area contributed by atoms with Crippen molar-refractivity contribution >= 4 is 28.6 Å². The first kappa shape index (κ1) is 16.8. The normalized spacial score (nSPS) is 21.8. The number of fused-ring (bicyclic) bond motifs is 2. The van der Waals surface area contributed by atoms with Gasteiger partial charge in [-0.2, -0.15) is 4.98 Å². The fourth-order valence-corrected chi connectivity index (χ4v) is 3.60. The Morgan fingerprint density at radius 3 is 2.96 bits per heavy atom. The van der Waals surface area contributed by atoms with E-state index in [9.17, 15) is 9.18 Å². The molecule has 0 bridgehead atoms. The first-order valence-electron chi connectivity index (χ1n) is 8.97. The van der Waals surface area contributed by atoms with E-state index >= 15 is 0 Å². The van der Waals surface area contributed by atoms with E-state index in [1.165, 1.54) is 6.08 Å². The van der Waals surface area contributed by atoms with Gasteiger partial charge in [0.15, 0.2) is 11.7 Å². The number of carbonyl (C=O) groups excluding carboxylic acids is 1. The van der Waals surface area contributed by atoms with Crippen LogP contribution in [0.25, 0.3) is 16.7 Å². The van der Waals surface area contributed by atoms with Crippen molar-refractivity contribution in [1.29, 1.82) is 0 Å². The molecule has 5 rings (SSSR count). The molecular weight excluding hydrogens is 365 g/mol. The van der Waals surface area contributed by atoms with Crippen LogP contribution in [-0.4, -0.2) is 53.2 Å². The molecule has 1 aromatic heterocycles. The molecule has 9 heteroatoms. The lowest BCUT2D eigenvalue weighted by molar-refractivity contribution is -0.132. The number of hydrogen-bond donors (Lipinski definition) is 2. The van der Waals surface area contributed by atoms with Crippen molar-refractivity contribution in [3.63, 3.8) is 0 Å². The number of nitrogens with two attached hydrogens (primary N) is 1. The molecule has 1 fully saturated rings. The number of allylic oxidation sites excluding steroid dienone is 2. The number of oxazole rings is 1. The largest absolute Gasteiger partial charge is 0.424 e. The molecule has 1 amide bonds. The van der Waals surface area contributed by atoms with Gasteiger partial charge in [-0.25, -0.2) is 4.39 Å². The molecule has 3 N–H and O–H groups in total. The van der Waals surface area contributed by atoms with Crippen molar-refractivity contribution < 1.29 is 18.3 Å². The number of hydrogen-bond acceptors (Lipinski definition) is 7. The Balaban J connectivity index is 1.47. The Morgan fingerprint density at radius 2 is 2.14 bits per heavy atom. The number of benzene rings is 1. The summed E-state index contributed by atoms with van der Waals surface area (Å²) < 4.78 is 25.4. The molecule has 2 aromatic rings. The minimum absolute atomic E-state index is 0.0802. The van der Waals surface area contributed by atoms with Crippen molar-refractivity contribution in [1.82, 2.24) is 20.1 Å². The molecule has 0 radical (unpaired) electrons. The SMILES string of the molecule is Nc1nc2ccc(C3=CN4C(C(=O)N5CCOCC5)=CNC4C(F)=C3)cc2o1. The summed E-state index contributed by atoms with van der Waals surface area (Å²) >= 11 is 0. The summed E-state index contributed by atoms with van der Waals surface area (Å²) in [5, 5.41) is 2.94. The van der Waals surface area contributed by atoms with Gasteiger partial charge in [-0.3, -0.25) is 4.79 Å². The van der Waals surface area contributed by atoms with E-state index in [0.717, 1.165) is 5.56 Å². The van der Waals surface area contributed by atoms with Crippen LogP contribution in [0.4, 0.5) is 10.4 Å². The van der Waals surface area contributed by atoms with Crippen LogP contribution in [0.1, 0.15) is 5.56 Å². The lowest BCUT2D eigenvalue weighted by Gasteiger charge is -2.32. The van der Waals surface area contributed by atoms with Gasteiger partial charge in [0.2, 0.25) is 0 Å². The van der Waals surface area contributed by atoms with Gasteiger partial charge in [-0.15, -0.1) is 0 Å². The third-order valence-corrected chi connectivity index (χ3v) is 5.02. The number of rotatable bonds is 2. The second kappa shape index (κ2) is 6.38. The van der Waals surface area contributed by atoms with Gasteiger partial charge in [0.25, 0.3) is 11.9 Å². The molecule has 3 aliphatic heterocycles. The van der Waals surface area contributed by atoms with Crippen LogP contribution >= 0.6 is 0 Å². The van der Waals surface area contributed by atoms with Crippen molar-refractivity contribution in [2.24, 2.45) is 0 Å². The zero-order valence-electron chi connectivity index (χ0n) is 14.9. The summed E-state index contributed by atoms with van der Waals surface area (Å²) in [4.78, 5) is 20.3. The van der Waals surface area contributed by atoms with Crippen LogP contribution in [0.15, 0.2) is 52.6 Å². The summed E-state index contributed by atoms with van der Waals surface area (Å²) in [5.41, 5.74) is 8.50. The maximum absolute atomic E-state index is 14.8. The minimum atomic E-state index is -0.714. The lowest BCUT2D eigenvalue weighted by Crippen LogP contribution is -2.45. The minimum Gasteiger partial charge on any atom is -0.424 e. The van der Waals surface area contributed by atoms with Gasteiger partial charge >= 0.3 is 0 Å². The average Bonchev–Trinajstić information content (AvgIpc) is 3.30. The molecule has 3 aliphatic rings. The van der Waals surface area contributed by atoms with E-state index in [-0.39, 0.29) is 17.7 Å². The maximum Gasteiger partial charge on any atom is 0.292 e. The number of nitrogens with one attached hydrogen (secondary N) is 1. The second-order valence-electron chi connectivity index (χ2n) is 6.76. The van der Waals surface area contributed by atoms with Crippen LogP contribution in [0, 0.1) is 0 Å². The first-order chi connectivity index (χ1) is 13.6. The van der Waals surface area contributed by atoms with Gasteiger partial charge in [-0.05, 0) is 23.8 Å². The smallest absolute Gasteiger partial charge is 0.292 e. The molecule has 0 saturated carbocycles. The quantitative estimate of drug-likeness (QED) is 0.812. The maximum atomic E-state index is 14.8. The van der Waals surface area contributed by atoms with E-state index in [4.69, 9.17) is 14.9 Å². The number of nitrogen functional groups attached to an aromatic ring is 1. The Bertz CT molecular complexity index is 1050. The van der Waals surface area contributed by atoms with Crippen LogP contribution in [-0.2, 0) is 9.53 Å². The fourth-order valence-electron chi connectivity index (χ4n) is 3.60. The molecule has 0 aliphatic carbocycles. The van der Waals surface area contributed by atoms with Crippen molar-refractivity contribution in [2.45, 2.75) is 6.17 Å². The average molecular weight is 383 g/mol. The van der Waals surface area contributed by atoms with E-state index < -0.39 is 6.17 Å². The Hall–Kier alpha value is -3.33. The van der Waals surface area contributed by atoms with Crippen molar-refractivity contribution in [3.05, 3.63) is 53.8 Å². The van der Waals surface area contributed by atoms with Gasteiger partial charge in [0.1, 0.15) is 17.0 Å². The summed E-state index contributed by atoms with van der Waals surface area (Å²) in [6, 6.07) is 5.42. The number of morpholine rings is 1. The highest BCUT2D eigenvalue weighted by Crippen LogP contribution is 2.33. The standard InChI is InChI=1S/C19H18FN5O3/c20-13-7-12(11-1-2-14-16(8-11)28-19(21)23-14)10-25-15(9-22-17(13)25)18(26)24-3-5-27-6-4-24/h1-2,7-10,17,22H,3-6H2,(H2,21,23). The summed E-state index contributed by atoms with van der Waals surface area (Å²) in [5.74, 6) is -0.530. The van der Waals surface area contributed by atoms with Gasteiger partial charge in [-0.1, -0.05) is 6.07 Å². The number of halogens is 1. The van der Waals surface area contributed by atoms with Crippen LogP contribution in [0.5, 0.6) is 0 Å². The molecule has 28 heavy (non-hydrogen) atoms. The highest BCUT2D eigenvalue weighted by Gasteiger charge is 2.36. The number of ether oxygens (including phenoxy) is 1. The van der Waals surface area contributed by atoms with Gasteiger partial charge in [0, 0.05) is 31.1 Å². The molecule has 0 spiro atoms. The van der Waals surface area contributed by atoms with Crippen LogP contribution in [0.3, 0.4) is 0 Å². The number of amides is 1. The second-order valence-corrected chi connectivity index (χ2v) is 6.76. The number of anilines is 1. The Morgan fingerprint density at radius 1 is 1.32 bits per heavy atom. The van der Waals surface area contributed by atoms with Crippen LogP contribution in [0.2, 0.25) is 0 Å². The third-order valence-electron chi connectivity index (χ3n) is 5.02. The van der Waals surface area contributed by atoms with Gasteiger partial charge < -0.3 is 30.0 Å². The Labute approximate surface area is 159 Å². The third kappa shape index (κ3) is 2.71. The lowest BCUT2D eigenvalue weighted by atomic mass is 10.0. The Kier molecular flexibility index (Phi) is 3.83. The fraction of sp³-hybridized carbons (Fsp3) is 0.263. The van der Waals surface area contributed by atoms with Crippen molar-refractivity contribution in [2.75, 3.05) is 32.0 Å². The van der Waals surface area contributed by atoms with Gasteiger partial charge in [0.05, 0.1) is 13.2 Å². The highest BCUT2D eigenvalue weighted by molar-refractivity contribution is 5.94. The first-order valence-corrected chi connectivity index (χ1v) is 8.97. The number of aromatic nitrogens is 1.